The van der Waals surface area contributed by atoms with Crippen molar-refractivity contribution in [3.63, 3.8) is 0 Å². The van der Waals surface area contributed by atoms with Crippen LogP contribution in [0.1, 0.15) is 15.2 Å². The SMILES string of the molecule is C=CCOc1ccccc1C(=O)N1CCN(C(=O)/C=C/c2cccs2)CC1. The maximum Gasteiger partial charge on any atom is 0.257 e. The van der Waals surface area contributed by atoms with Crippen LogP contribution in [0.3, 0.4) is 0 Å². The molecule has 1 aliphatic heterocycles. The highest BCUT2D eigenvalue weighted by molar-refractivity contribution is 7.10. The van der Waals surface area contributed by atoms with E-state index in [9.17, 15) is 9.59 Å². The molecule has 0 bridgehead atoms. The zero-order valence-corrected chi connectivity index (χ0v) is 15.9. The van der Waals surface area contributed by atoms with Crippen LogP contribution in [0.5, 0.6) is 5.75 Å². The van der Waals surface area contributed by atoms with Gasteiger partial charge in [0.25, 0.3) is 5.91 Å². The zero-order valence-electron chi connectivity index (χ0n) is 15.0. The van der Waals surface area contributed by atoms with Gasteiger partial charge in [-0.25, -0.2) is 0 Å². The van der Waals surface area contributed by atoms with Crippen LogP contribution in [0.4, 0.5) is 0 Å². The highest BCUT2D eigenvalue weighted by Gasteiger charge is 2.25. The van der Waals surface area contributed by atoms with E-state index in [-0.39, 0.29) is 11.8 Å². The third-order valence-corrected chi connectivity index (χ3v) is 5.12. The van der Waals surface area contributed by atoms with Gasteiger partial charge in [0, 0.05) is 37.1 Å². The van der Waals surface area contributed by atoms with E-state index < -0.39 is 0 Å². The number of thiophene rings is 1. The quantitative estimate of drug-likeness (QED) is 0.569. The van der Waals surface area contributed by atoms with Gasteiger partial charge < -0.3 is 14.5 Å². The number of carbonyl (C=O) groups is 2. The fourth-order valence-corrected chi connectivity index (χ4v) is 3.48. The topological polar surface area (TPSA) is 49.9 Å². The summed E-state index contributed by atoms with van der Waals surface area (Å²) < 4.78 is 5.59. The number of hydrogen-bond acceptors (Lipinski definition) is 4. The summed E-state index contributed by atoms with van der Waals surface area (Å²) in [6.07, 6.45) is 5.08. The summed E-state index contributed by atoms with van der Waals surface area (Å²) in [7, 11) is 0. The number of nitrogens with zero attached hydrogens (tertiary/aromatic N) is 2. The summed E-state index contributed by atoms with van der Waals surface area (Å²) in [5.74, 6) is 0.459. The second-order valence-corrected chi connectivity index (χ2v) is 7.04. The molecule has 0 aliphatic carbocycles. The molecular weight excluding hydrogens is 360 g/mol. The van der Waals surface area contributed by atoms with Crippen LogP contribution < -0.4 is 4.74 Å². The summed E-state index contributed by atoms with van der Waals surface area (Å²) in [5, 5.41) is 1.98. The van der Waals surface area contributed by atoms with Gasteiger partial charge in [0.2, 0.25) is 5.91 Å². The minimum absolute atomic E-state index is 0.0229. The molecule has 0 N–H and O–H groups in total. The molecular formula is C21H22N2O3S. The molecule has 2 aromatic rings. The number of ether oxygens (including phenoxy) is 1. The molecule has 1 saturated heterocycles. The predicted molar refractivity (Wildman–Crippen MR) is 108 cm³/mol. The number of piperazine rings is 1. The molecule has 0 unspecified atom stereocenters. The van der Waals surface area contributed by atoms with E-state index in [1.165, 1.54) is 0 Å². The number of carbonyl (C=O) groups excluding carboxylic acids is 2. The summed E-state index contributed by atoms with van der Waals surface area (Å²) >= 11 is 1.59. The molecule has 2 heterocycles. The first-order chi connectivity index (χ1) is 13.2. The van der Waals surface area contributed by atoms with E-state index in [1.807, 2.05) is 35.7 Å². The monoisotopic (exact) mass is 382 g/mol. The summed E-state index contributed by atoms with van der Waals surface area (Å²) in [5.41, 5.74) is 0.539. The van der Waals surface area contributed by atoms with Crippen molar-refractivity contribution in [2.24, 2.45) is 0 Å². The average molecular weight is 382 g/mol. The van der Waals surface area contributed by atoms with Gasteiger partial charge in [-0.2, -0.15) is 0 Å². The third-order valence-electron chi connectivity index (χ3n) is 4.29. The Hall–Kier alpha value is -2.86. The Morgan fingerprint density at radius 2 is 1.81 bits per heavy atom. The number of rotatable bonds is 6. The van der Waals surface area contributed by atoms with Gasteiger partial charge in [0.05, 0.1) is 5.56 Å². The molecule has 2 amide bonds. The fraction of sp³-hybridized carbons (Fsp3) is 0.238. The van der Waals surface area contributed by atoms with Crippen LogP contribution in [0, 0.1) is 0 Å². The molecule has 0 atom stereocenters. The smallest absolute Gasteiger partial charge is 0.257 e. The molecule has 1 aromatic heterocycles. The van der Waals surface area contributed by atoms with Crippen molar-refractivity contribution in [2.75, 3.05) is 32.8 Å². The summed E-state index contributed by atoms with van der Waals surface area (Å²) in [4.78, 5) is 29.8. The number of hydrogen-bond donors (Lipinski definition) is 0. The average Bonchev–Trinajstić information content (AvgIpc) is 3.24. The predicted octanol–water partition coefficient (Wildman–Crippen LogP) is 3.31. The molecule has 27 heavy (non-hydrogen) atoms. The molecule has 5 nitrogen and oxygen atoms in total. The summed E-state index contributed by atoms with van der Waals surface area (Å²) in [6.45, 7) is 6.04. The van der Waals surface area contributed by atoms with Crippen LogP contribution in [0.2, 0.25) is 0 Å². The van der Waals surface area contributed by atoms with Gasteiger partial charge >= 0.3 is 0 Å². The Balaban J connectivity index is 1.58. The van der Waals surface area contributed by atoms with Gasteiger partial charge in [-0.15, -0.1) is 11.3 Å². The van der Waals surface area contributed by atoms with Crippen molar-refractivity contribution in [1.29, 1.82) is 0 Å². The van der Waals surface area contributed by atoms with Crippen molar-refractivity contribution in [3.05, 3.63) is 70.9 Å². The maximum absolute atomic E-state index is 12.8. The number of para-hydroxylation sites is 1. The van der Waals surface area contributed by atoms with Crippen LogP contribution in [0.15, 0.2) is 60.5 Å². The van der Waals surface area contributed by atoms with Crippen molar-refractivity contribution in [2.45, 2.75) is 0 Å². The Kier molecular flexibility index (Phi) is 6.44. The van der Waals surface area contributed by atoms with Crippen LogP contribution in [0.25, 0.3) is 6.08 Å². The number of amides is 2. The largest absolute Gasteiger partial charge is 0.489 e. The Bertz CT molecular complexity index is 822. The lowest BCUT2D eigenvalue weighted by molar-refractivity contribution is -0.127. The zero-order chi connectivity index (χ0) is 19.1. The van der Waals surface area contributed by atoms with Crippen molar-refractivity contribution < 1.29 is 14.3 Å². The van der Waals surface area contributed by atoms with E-state index in [0.717, 1.165) is 4.88 Å². The maximum atomic E-state index is 12.8. The second-order valence-electron chi connectivity index (χ2n) is 6.06. The second kappa shape index (κ2) is 9.19. The van der Waals surface area contributed by atoms with E-state index in [0.29, 0.717) is 44.1 Å². The Morgan fingerprint density at radius 1 is 1.07 bits per heavy atom. The molecule has 1 aromatic carbocycles. The lowest BCUT2D eigenvalue weighted by atomic mass is 10.1. The minimum Gasteiger partial charge on any atom is -0.489 e. The standard InChI is InChI=1S/C21H22N2O3S/c1-2-15-26-19-8-4-3-7-18(19)21(25)23-13-11-22(12-14-23)20(24)10-9-17-6-5-16-27-17/h2-10,16H,1,11-15H2/b10-9+. The van der Waals surface area contributed by atoms with E-state index >= 15 is 0 Å². The highest BCUT2D eigenvalue weighted by atomic mass is 32.1. The van der Waals surface area contributed by atoms with Gasteiger partial charge in [0.1, 0.15) is 12.4 Å². The van der Waals surface area contributed by atoms with Crippen molar-refractivity contribution >= 4 is 29.2 Å². The third kappa shape index (κ3) is 4.86. The van der Waals surface area contributed by atoms with Crippen molar-refractivity contribution in [3.8, 4) is 5.75 Å². The molecule has 0 radical (unpaired) electrons. The van der Waals surface area contributed by atoms with Crippen LogP contribution in [-0.2, 0) is 4.79 Å². The first kappa shape index (κ1) is 18.9. The Morgan fingerprint density at radius 3 is 2.52 bits per heavy atom. The lowest BCUT2D eigenvalue weighted by Gasteiger charge is -2.34. The normalized spacial score (nSPS) is 14.4. The van der Waals surface area contributed by atoms with E-state index in [4.69, 9.17) is 4.74 Å². The molecule has 140 valence electrons. The molecule has 1 aliphatic rings. The van der Waals surface area contributed by atoms with Gasteiger partial charge in [-0.3, -0.25) is 9.59 Å². The summed E-state index contributed by atoms with van der Waals surface area (Å²) in [6, 6.07) is 11.1. The highest BCUT2D eigenvalue weighted by Crippen LogP contribution is 2.21. The Labute approximate surface area is 163 Å². The van der Waals surface area contributed by atoms with Crippen LogP contribution >= 0.6 is 11.3 Å². The van der Waals surface area contributed by atoms with Gasteiger partial charge in [-0.1, -0.05) is 30.9 Å². The van der Waals surface area contributed by atoms with Crippen molar-refractivity contribution in [1.82, 2.24) is 9.80 Å². The minimum atomic E-state index is -0.0733. The van der Waals surface area contributed by atoms with Gasteiger partial charge in [-0.05, 0) is 29.7 Å². The van der Waals surface area contributed by atoms with E-state index in [1.54, 1.807) is 45.4 Å². The molecule has 6 heteroatoms. The lowest BCUT2D eigenvalue weighted by Crippen LogP contribution is -2.50. The number of benzene rings is 1. The first-order valence-corrected chi connectivity index (χ1v) is 9.69. The molecule has 1 fully saturated rings. The molecule has 0 saturated carbocycles. The first-order valence-electron chi connectivity index (χ1n) is 8.81. The molecule has 0 spiro atoms. The van der Waals surface area contributed by atoms with Gasteiger partial charge in [0.15, 0.2) is 0 Å². The molecule has 3 rings (SSSR count). The van der Waals surface area contributed by atoms with E-state index in [2.05, 4.69) is 6.58 Å². The van der Waals surface area contributed by atoms with Crippen LogP contribution in [-0.4, -0.2) is 54.4 Å². The fourth-order valence-electron chi connectivity index (χ4n) is 2.86.